The molecule has 0 spiro atoms. The molecule has 7 nitrogen and oxygen atoms in total. The largest absolute Gasteiger partial charge is 0.469 e. The number of fused-ring (bicyclic) bond motifs is 1. The van der Waals surface area contributed by atoms with Crippen LogP contribution < -0.4 is 5.73 Å². The number of imidazole rings is 1. The van der Waals surface area contributed by atoms with E-state index < -0.39 is 12.0 Å². The van der Waals surface area contributed by atoms with Gasteiger partial charge in [-0.05, 0) is 25.7 Å². The Bertz CT molecular complexity index is 766. The van der Waals surface area contributed by atoms with E-state index in [1.807, 2.05) is 0 Å². The Balaban J connectivity index is 1.91. The number of carbonyl (C=O) groups excluding carboxylic acids is 1. The number of rotatable bonds is 2. The van der Waals surface area contributed by atoms with E-state index >= 15 is 0 Å². The summed E-state index contributed by atoms with van der Waals surface area (Å²) in [6, 6.07) is -0.0914. The van der Waals surface area contributed by atoms with Gasteiger partial charge in [0.25, 0.3) is 0 Å². The minimum atomic E-state index is -4.68. The summed E-state index contributed by atoms with van der Waals surface area (Å²) in [6.07, 6.45) is -0.806. The molecular formula is C14H16F3N5O2. The van der Waals surface area contributed by atoms with Crippen molar-refractivity contribution < 1.29 is 22.7 Å². The molecule has 0 radical (unpaired) electrons. The number of aromatic nitrogens is 4. The van der Waals surface area contributed by atoms with E-state index in [4.69, 9.17) is 10.5 Å². The van der Waals surface area contributed by atoms with Gasteiger partial charge in [0, 0.05) is 6.04 Å². The van der Waals surface area contributed by atoms with Crippen LogP contribution in [0.5, 0.6) is 0 Å². The first kappa shape index (κ1) is 16.5. The highest BCUT2D eigenvalue weighted by molar-refractivity contribution is 5.81. The molecular weight excluding hydrogens is 327 g/mol. The van der Waals surface area contributed by atoms with Crippen LogP contribution in [0.4, 0.5) is 19.0 Å². The fraction of sp³-hybridized carbons (Fsp3) is 0.571. The van der Waals surface area contributed by atoms with Gasteiger partial charge in [-0.1, -0.05) is 0 Å². The zero-order chi connectivity index (χ0) is 17.5. The summed E-state index contributed by atoms with van der Waals surface area (Å²) < 4.78 is 45.0. The van der Waals surface area contributed by atoms with Gasteiger partial charge in [0.2, 0.25) is 5.82 Å². The summed E-state index contributed by atoms with van der Waals surface area (Å²) in [5.74, 6) is -2.01. The second-order valence-corrected chi connectivity index (χ2v) is 5.78. The quantitative estimate of drug-likeness (QED) is 0.841. The maximum absolute atomic E-state index is 12.9. The van der Waals surface area contributed by atoms with Gasteiger partial charge in [-0.2, -0.15) is 13.2 Å². The number of ether oxygens (including phenoxy) is 1. The number of alkyl halides is 3. The number of carbonyl (C=O) groups is 1. The molecule has 0 amide bonds. The topological polar surface area (TPSA) is 95.9 Å². The van der Waals surface area contributed by atoms with Gasteiger partial charge >= 0.3 is 12.1 Å². The Morgan fingerprint density at radius 3 is 2.54 bits per heavy atom. The molecule has 2 heterocycles. The van der Waals surface area contributed by atoms with Gasteiger partial charge in [0.05, 0.1) is 19.4 Å². The Morgan fingerprint density at radius 2 is 1.96 bits per heavy atom. The number of nitrogen functional groups attached to an aromatic ring is 1. The van der Waals surface area contributed by atoms with Crippen LogP contribution in [0.25, 0.3) is 11.2 Å². The van der Waals surface area contributed by atoms with Gasteiger partial charge < -0.3 is 15.0 Å². The Morgan fingerprint density at radius 1 is 1.29 bits per heavy atom. The predicted octanol–water partition coefficient (Wildman–Crippen LogP) is 2.33. The molecule has 0 aliphatic heterocycles. The highest BCUT2D eigenvalue weighted by atomic mass is 19.4. The third kappa shape index (κ3) is 2.87. The van der Waals surface area contributed by atoms with Gasteiger partial charge in [-0.15, -0.1) is 0 Å². The molecule has 0 bridgehead atoms. The average molecular weight is 343 g/mol. The molecule has 130 valence electrons. The number of halogens is 3. The molecule has 1 fully saturated rings. The third-order valence-corrected chi connectivity index (χ3v) is 4.33. The maximum atomic E-state index is 12.9. The SMILES string of the molecule is COC(=O)[C@H]1CC[C@@H](n2cnc3c(N)nc(C(F)(F)F)nc32)CC1. The maximum Gasteiger partial charge on any atom is 0.451 e. The fourth-order valence-electron chi connectivity index (χ4n) is 3.09. The number of esters is 1. The minimum absolute atomic E-state index is 0.0661. The van der Waals surface area contributed by atoms with Gasteiger partial charge in [0.15, 0.2) is 11.5 Å². The minimum Gasteiger partial charge on any atom is -0.469 e. The van der Waals surface area contributed by atoms with Crippen molar-refractivity contribution in [3.63, 3.8) is 0 Å². The van der Waals surface area contributed by atoms with Crippen molar-refractivity contribution in [1.29, 1.82) is 0 Å². The fourth-order valence-corrected chi connectivity index (χ4v) is 3.09. The Hall–Kier alpha value is -2.39. The van der Waals surface area contributed by atoms with Crippen molar-refractivity contribution in [2.45, 2.75) is 37.9 Å². The second-order valence-electron chi connectivity index (χ2n) is 5.78. The summed E-state index contributed by atoms with van der Waals surface area (Å²) in [5, 5.41) is 0. The van der Waals surface area contributed by atoms with E-state index in [2.05, 4.69) is 15.0 Å². The van der Waals surface area contributed by atoms with Crippen molar-refractivity contribution >= 4 is 23.0 Å². The number of hydrogen-bond donors (Lipinski definition) is 1. The summed E-state index contributed by atoms with van der Waals surface area (Å²) in [5.41, 5.74) is 5.81. The first-order valence-corrected chi connectivity index (χ1v) is 7.46. The molecule has 2 aromatic rings. The van der Waals surface area contributed by atoms with Crippen molar-refractivity contribution in [1.82, 2.24) is 19.5 Å². The number of nitrogens with two attached hydrogens (primary N) is 1. The molecule has 1 aliphatic rings. The van der Waals surface area contributed by atoms with Crippen LogP contribution in [-0.4, -0.2) is 32.6 Å². The number of methoxy groups -OCH3 is 1. The van der Waals surface area contributed by atoms with Gasteiger partial charge in [-0.25, -0.2) is 15.0 Å². The Kier molecular flexibility index (Phi) is 4.06. The lowest BCUT2D eigenvalue weighted by Crippen LogP contribution is -2.24. The summed E-state index contributed by atoms with van der Waals surface area (Å²) in [6.45, 7) is 0. The van der Waals surface area contributed by atoms with E-state index in [-0.39, 0.29) is 34.9 Å². The smallest absolute Gasteiger partial charge is 0.451 e. The predicted molar refractivity (Wildman–Crippen MR) is 77.7 cm³/mol. The lowest BCUT2D eigenvalue weighted by molar-refractivity contribution is -0.147. The molecule has 2 aromatic heterocycles. The van der Waals surface area contributed by atoms with Gasteiger partial charge in [0.1, 0.15) is 5.52 Å². The summed E-state index contributed by atoms with van der Waals surface area (Å²) in [4.78, 5) is 22.5. The first-order chi connectivity index (χ1) is 11.3. The molecule has 2 N–H and O–H groups in total. The molecule has 0 unspecified atom stereocenters. The van der Waals surface area contributed by atoms with Crippen LogP contribution in [-0.2, 0) is 15.7 Å². The van der Waals surface area contributed by atoms with Crippen molar-refractivity contribution in [2.75, 3.05) is 12.8 Å². The zero-order valence-corrected chi connectivity index (χ0v) is 12.9. The highest BCUT2D eigenvalue weighted by Gasteiger charge is 2.36. The molecule has 10 heteroatoms. The Labute approximate surface area is 135 Å². The van der Waals surface area contributed by atoms with Crippen molar-refractivity contribution in [2.24, 2.45) is 5.92 Å². The molecule has 0 saturated heterocycles. The average Bonchev–Trinajstić information content (AvgIpc) is 2.98. The normalized spacial score (nSPS) is 21.8. The number of nitrogens with zero attached hydrogens (tertiary/aromatic N) is 4. The third-order valence-electron chi connectivity index (χ3n) is 4.33. The number of anilines is 1. The van der Waals surface area contributed by atoms with Crippen LogP contribution in [0.2, 0.25) is 0 Å². The first-order valence-electron chi connectivity index (χ1n) is 7.46. The molecule has 0 atom stereocenters. The summed E-state index contributed by atoms with van der Waals surface area (Å²) >= 11 is 0. The standard InChI is InChI=1S/C14H16F3N5O2/c1-24-12(23)7-2-4-8(5-3-7)22-6-19-9-10(18)20-13(14(15,16)17)21-11(9)22/h6-8H,2-5H2,1H3,(H2,18,20,21)/t7-,8+. The molecule has 0 aromatic carbocycles. The van der Waals surface area contributed by atoms with Crippen LogP contribution in [0, 0.1) is 5.92 Å². The van der Waals surface area contributed by atoms with E-state index in [0.29, 0.717) is 25.7 Å². The molecule has 1 aliphatic carbocycles. The van der Waals surface area contributed by atoms with Crippen molar-refractivity contribution in [3.8, 4) is 0 Å². The van der Waals surface area contributed by atoms with E-state index in [9.17, 15) is 18.0 Å². The zero-order valence-electron chi connectivity index (χ0n) is 12.9. The van der Waals surface area contributed by atoms with Crippen LogP contribution >= 0.6 is 0 Å². The van der Waals surface area contributed by atoms with Crippen LogP contribution in [0.3, 0.4) is 0 Å². The van der Waals surface area contributed by atoms with Crippen LogP contribution in [0.1, 0.15) is 37.5 Å². The van der Waals surface area contributed by atoms with E-state index in [1.54, 1.807) is 4.57 Å². The number of hydrogen-bond acceptors (Lipinski definition) is 6. The summed E-state index contributed by atoms with van der Waals surface area (Å²) in [7, 11) is 1.34. The van der Waals surface area contributed by atoms with Crippen molar-refractivity contribution in [3.05, 3.63) is 12.2 Å². The van der Waals surface area contributed by atoms with E-state index in [1.165, 1.54) is 13.4 Å². The highest BCUT2D eigenvalue weighted by Crippen LogP contribution is 2.35. The van der Waals surface area contributed by atoms with Gasteiger partial charge in [-0.3, -0.25) is 4.79 Å². The van der Waals surface area contributed by atoms with E-state index in [0.717, 1.165) is 0 Å². The van der Waals surface area contributed by atoms with Crippen LogP contribution in [0.15, 0.2) is 6.33 Å². The lowest BCUT2D eigenvalue weighted by Gasteiger charge is -2.27. The second kappa shape index (κ2) is 5.91. The molecule has 1 saturated carbocycles. The monoisotopic (exact) mass is 343 g/mol. The molecule has 3 rings (SSSR count). The molecule has 24 heavy (non-hydrogen) atoms. The lowest BCUT2D eigenvalue weighted by atomic mass is 9.86.